The van der Waals surface area contributed by atoms with E-state index in [1.807, 2.05) is 14.1 Å². The molecule has 1 aromatic rings. The summed E-state index contributed by atoms with van der Waals surface area (Å²) >= 11 is 0. The largest absolute Gasteiger partial charge is 0.348 e. The van der Waals surface area contributed by atoms with E-state index in [4.69, 9.17) is 0 Å². The van der Waals surface area contributed by atoms with Crippen molar-refractivity contribution >= 4 is 15.1 Å². The minimum Gasteiger partial charge on any atom is -0.348 e. The second kappa shape index (κ2) is 5.81. The molecule has 0 aliphatic carbocycles. The van der Waals surface area contributed by atoms with Gasteiger partial charge in [-0.1, -0.05) is 18.2 Å². The first kappa shape index (κ1) is 13.5. The number of carbonyl (C=O) groups excluding carboxylic acids is 1. The molecule has 3 nitrogen and oxygen atoms in total. The first-order chi connectivity index (χ1) is 8.60. The molecule has 0 saturated carbocycles. The molecule has 1 aromatic carbocycles. The van der Waals surface area contributed by atoms with Crippen LogP contribution in [0.3, 0.4) is 0 Å². The maximum absolute atomic E-state index is 11.7. The fraction of sp³-hybridized carbons (Fsp3) is 0.500. The Kier molecular flexibility index (Phi) is 4.36. The van der Waals surface area contributed by atoms with Gasteiger partial charge in [0.2, 0.25) is 5.91 Å². The van der Waals surface area contributed by atoms with Gasteiger partial charge in [0.15, 0.2) is 0 Å². The van der Waals surface area contributed by atoms with Crippen molar-refractivity contribution in [1.29, 1.82) is 0 Å². The van der Waals surface area contributed by atoms with E-state index in [0.29, 0.717) is 6.54 Å². The van der Waals surface area contributed by atoms with Crippen LogP contribution in [0.5, 0.6) is 0 Å². The predicted octanol–water partition coefficient (Wildman–Crippen LogP) is 1.51. The molecular weight excluding hydrogens is 243 g/mol. The fourth-order valence-corrected chi connectivity index (χ4v) is 2.52. The minimum atomic E-state index is 0.181. The summed E-state index contributed by atoms with van der Waals surface area (Å²) in [4.78, 5) is 15.6. The van der Waals surface area contributed by atoms with Crippen LogP contribution in [0.2, 0.25) is 0 Å². The summed E-state index contributed by atoms with van der Waals surface area (Å²) in [6.07, 6.45) is 2.04. The molecule has 98 valence electrons. The van der Waals surface area contributed by atoms with Crippen molar-refractivity contribution in [1.82, 2.24) is 9.80 Å². The summed E-state index contributed by atoms with van der Waals surface area (Å²) in [6.45, 7) is 2.40. The molecule has 2 rings (SSSR count). The Morgan fingerprint density at radius 2 is 2.17 bits per heavy atom. The first-order valence-electron chi connectivity index (χ1n) is 6.33. The number of benzene rings is 1. The predicted molar refractivity (Wildman–Crippen MR) is 77.5 cm³/mol. The highest BCUT2D eigenvalue weighted by atomic mass is 31.0. The number of carbonyl (C=O) groups is 1. The number of hydrogen-bond donors (Lipinski definition) is 0. The molecule has 0 aromatic heterocycles. The van der Waals surface area contributed by atoms with Crippen molar-refractivity contribution in [2.24, 2.45) is 0 Å². The van der Waals surface area contributed by atoms with Gasteiger partial charge in [0.1, 0.15) is 0 Å². The number of nitrogens with zero attached hydrogens (tertiary/aromatic N) is 2. The average molecular weight is 264 g/mol. The third-order valence-corrected chi connectivity index (χ3v) is 3.93. The maximum atomic E-state index is 11.7. The lowest BCUT2D eigenvalue weighted by Gasteiger charge is -2.29. The van der Waals surface area contributed by atoms with Crippen LogP contribution < -0.4 is 0 Å². The lowest BCUT2D eigenvalue weighted by Crippen LogP contribution is -2.39. The molecule has 0 saturated heterocycles. The van der Waals surface area contributed by atoms with Gasteiger partial charge in [0.25, 0.3) is 0 Å². The number of fused-ring (bicyclic) bond motifs is 1. The van der Waals surface area contributed by atoms with Crippen LogP contribution in [-0.4, -0.2) is 42.9 Å². The maximum Gasteiger partial charge on any atom is 0.236 e. The van der Waals surface area contributed by atoms with E-state index in [1.54, 1.807) is 4.90 Å². The summed E-state index contributed by atoms with van der Waals surface area (Å²) < 4.78 is 0. The molecule has 1 atom stereocenters. The van der Waals surface area contributed by atoms with E-state index in [0.717, 1.165) is 25.7 Å². The number of rotatable bonds is 3. The van der Waals surface area contributed by atoms with Crippen molar-refractivity contribution in [3.05, 3.63) is 34.9 Å². The second-order valence-electron chi connectivity index (χ2n) is 5.06. The van der Waals surface area contributed by atoms with Gasteiger partial charge in [-0.2, -0.15) is 0 Å². The molecule has 1 aliphatic heterocycles. The second-order valence-corrected chi connectivity index (χ2v) is 5.46. The van der Waals surface area contributed by atoms with Crippen LogP contribution in [0.25, 0.3) is 0 Å². The number of amides is 1. The first-order valence-corrected chi connectivity index (χ1v) is 7.15. The molecule has 0 N–H and O–H groups in total. The fourth-order valence-electron chi connectivity index (χ4n) is 2.26. The van der Waals surface area contributed by atoms with Gasteiger partial charge in [-0.3, -0.25) is 9.69 Å². The van der Waals surface area contributed by atoms with E-state index < -0.39 is 0 Å². The quantitative estimate of drug-likeness (QED) is 0.773. The highest BCUT2D eigenvalue weighted by Gasteiger charge is 2.19. The summed E-state index contributed by atoms with van der Waals surface area (Å²) in [5, 5.41) is 0. The van der Waals surface area contributed by atoms with Gasteiger partial charge in [-0.15, -0.1) is 9.24 Å². The van der Waals surface area contributed by atoms with Gasteiger partial charge in [-0.25, -0.2) is 0 Å². The molecule has 1 unspecified atom stereocenters. The van der Waals surface area contributed by atoms with E-state index in [2.05, 4.69) is 32.3 Å². The van der Waals surface area contributed by atoms with Gasteiger partial charge >= 0.3 is 0 Å². The molecular formula is C14H21N2OP. The van der Waals surface area contributed by atoms with Crippen LogP contribution >= 0.6 is 9.24 Å². The topological polar surface area (TPSA) is 23.6 Å². The molecule has 0 fully saturated rings. The van der Waals surface area contributed by atoms with Crippen molar-refractivity contribution in [3.8, 4) is 0 Å². The number of hydrogen-bond acceptors (Lipinski definition) is 2. The summed E-state index contributed by atoms with van der Waals surface area (Å²) in [5.74, 6) is 0.181. The molecule has 18 heavy (non-hydrogen) atoms. The van der Waals surface area contributed by atoms with Crippen molar-refractivity contribution < 1.29 is 4.79 Å². The summed E-state index contributed by atoms with van der Waals surface area (Å²) in [6, 6.07) is 6.71. The normalized spacial score (nSPS) is 15.3. The van der Waals surface area contributed by atoms with Crippen LogP contribution in [0.15, 0.2) is 18.2 Å². The molecule has 4 heteroatoms. The standard InChI is InChI=1S/C14H21N2OP/c1-15(2)14(17)9-16-6-5-12-4-3-11(10-18)7-13(12)8-16/h3-4,7H,5-6,8-10,18H2,1-2H3. The lowest BCUT2D eigenvalue weighted by atomic mass is 9.98. The number of likely N-dealkylation sites (N-methyl/N-ethyl adjacent to an activating group) is 1. The lowest BCUT2D eigenvalue weighted by molar-refractivity contribution is -0.130. The smallest absolute Gasteiger partial charge is 0.236 e. The highest BCUT2D eigenvalue weighted by Crippen LogP contribution is 2.21. The highest BCUT2D eigenvalue weighted by molar-refractivity contribution is 7.15. The average Bonchev–Trinajstić information content (AvgIpc) is 2.37. The Morgan fingerprint density at radius 3 is 2.83 bits per heavy atom. The minimum absolute atomic E-state index is 0.181. The monoisotopic (exact) mass is 264 g/mol. The third kappa shape index (κ3) is 3.09. The molecule has 1 aliphatic rings. The Balaban J connectivity index is 2.06. The van der Waals surface area contributed by atoms with Crippen LogP contribution in [0.1, 0.15) is 16.7 Å². The van der Waals surface area contributed by atoms with Crippen LogP contribution in [0.4, 0.5) is 0 Å². The zero-order chi connectivity index (χ0) is 13.1. The Labute approximate surface area is 111 Å². The molecule has 0 radical (unpaired) electrons. The van der Waals surface area contributed by atoms with Crippen molar-refractivity contribution in [2.75, 3.05) is 27.2 Å². The van der Waals surface area contributed by atoms with Crippen molar-refractivity contribution in [3.63, 3.8) is 0 Å². The molecule has 0 bridgehead atoms. The van der Waals surface area contributed by atoms with E-state index >= 15 is 0 Å². The van der Waals surface area contributed by atoms with E-state index in [1.165, 1.54) is 16.7 Å². The van der Waals surface area contributed by atoms with Crippen LogP contribution in [-0.2, 0) is 23.9 Å². The Bertz CT molecular complexity index is 445. The molecule has 1 amide bonds. The summed E-state index contributed by atoms with van der Waals surface area (Å²) in [7, 11) is 6.38. The Morgan fingerprint density at radius 1 is 1.39 bits per heavy atom. The Hall–Kier alpha value is -0.920. The van der Waals surface area contributed by atoms with E-state index in [-0.39, 0.29) is 5.91 Å². The van der Waals surface area contributed by atoms with Gasteiger partial charge in [0, 0.05) is 27.2 Å². The van der Waals surface area contributed by atoms with E-state index in [9.17, 15) is 4.79 Å². The van der Waals surface area contributed by atoms with Gasteiger partial charge < -0.3 is 4.90 Å². The van der Waals surface area contributed by atoms with Crippen molar-refractivity contribution in [2.45, 2.75) is 19.1 Å². The SMILES string of the molecule is CN(C)C(=O)CN1CCc2ccc(CP)cc2C1. The van der Waals surface area contributed by atoms with Crippen LogP contribution in [0, 0.1) is 0 Å². The zero-order valence-electron chi connectivity index (χ0n) is 11.1. The summed E-state index contributed by atoms with van der Waals surface area (Å²) in [5.41, 5.74) is 4.16. The van der Waals surface area contributed by atoms with Gasteiger partial charge in [0.05, 0.1) is 6.54 Å². The molecule has 1 heterocycles. The third-order valence-electron chi connectivity index (χ3n) is 3.46. The zero-order valence-corrected chi connectivity index (χ0v) is 12.3. The molecule has 0 spiro atoms. The van der Waals surface area contributed by atoms with Gasteiger partial charge in [-0.05, 0) is 29.3 Å².